The van der Waals surface area contributed by atoms with Gasteiger partial charge in [-0.25, -0.2) is 0 Å². The summed E-state index contributed by atoms with van der Waals surface area (Å²) < 4.78 is 0. The van der Waals surface area contributed by atoms with Crippen molar-refractivity contribution >= 4 is 11.1 Å². The van der Waals surface area contributed by atoms with Gasteiger partial charge in [0.15, 0.2) is 0 Å². The first-order valence-electron chi connectivity index (χ1n) is 8.40. The third kappa shape index (κ3) is 4.37. The molecule has 0 saturated carbocycles. The van der Waals surface area contributed by atoms with Gasteiger partial charge in [-0.2, -0.15) is 0 Å². The largest absolute Gasteiger partial charge is 0.103 e. The van der Waals surface area contributed by atoms with E-state index in [1.807, 2.05) is 48.5 Å². The summed E-state index contributed by atoms with van der Waals surface area (Å²) in [7, 11) is 0. The quantitative estimate of drug-likeness (QED) is 0.304. The highest BCUT2D eigenvalue weighted by Crippen LogP contribution is 2.29. The predicted octanol–water partition coefficient (Wildman–Crippen LogP) is 6.23. The Morgan fingerprint density at radius 1 is 0.720 bits per heavy atom. The van der Waals surface area contributed by atoms with Crippen molar-refractivity contribution in [3.8, 4) is 11.8 Å². The van der Waals surface area contributed by atoms with E-state index in [0.29, 0.717) is 0 Å². The van der Waals surface area contributed by atoms with E-state index in [0.717, 1.165) is 23.1 Å². The predicted molar refractivity (Wildman–Crippen MR) is 108 cm³/mol. The van der Waals surface area contributed by atoms with Gasteiger partial charge >= 0.3 is 0 Å². The normalized spacial score (nSPS) is 11.0. The van der Waals surface area contributed by atoms with E-state index in [-0.39, 0.29) is 0 Å². The van der Waals surface area contributed by atoms with E-state index >= 15 is 0 Å². The van der Waals surface area contributed by atoms with Gasteiger partial charge in [0, 0.05) is 11.1 Å². The van der Waals surface area contributed by atoms with Gasteiger partial charge in [-0.15, -0.1) is 6.58 Å². The van der Waals surface area contributed by atoms with Crippen molar-refractivity contribution in [1.82, 2.24) is 0 Å². The van der Waals surface area contributed by atoms with E-state index in [1.54, 1.807) is 0 Å². The number of benzene rings is 3. The van der Waals surface area contributed by atoms with Crippen LogP contribution in [0.15, 0.2) is 104 Å². The summed E-state index contributed by atoms with van der Waals surface area (Å²) in [5, 5.41) is 0. The molecular formula is C25H20. The molecule has 0 aliphatic rings. The first-order chi connectivity index (χ1) is 12.4. The minimum absolute atomic E-state index is 0.776. The maximum Gasteiger partial charge on any atom is 0.0362 e. The standard InChI is InChI=1S/C25H20/c1-2-12-24(22-15-8-4-9-16-22)25(23-17-10-5-11-18-23)20-19-21-13-6-3-7-14-21/h2-11,13-18H,1,12H2/b25-24-. The van der Waals surface area contributed by atoms with E-state index < -0.39 is 0 Å². The smallest absolute Gasteiger partial charge is 0.0362 e. The average Bonchev–Trinajstić information content (AvgIpc) is 2.69. The summed E-state index contributed by atoms with van der Waals surface area (Å²) >= 11 is 0. The lowest BCUT2D eigenvalue weighted by molar-refractivity contribution is 1.40. The lowest BCUT2D eigenvalue weighted by atomic mass is 9.92. The van der Waals surface area contributed by atoms with Crippen molar-refractivity contribution in [2.24, 2.45) is 0 Å². The molecule has 0 bridgehead atoms. The van der Waals surface area contributed by atoms with Gasteiger partial charge in [-0.1, -0.05) is 96.8 Å². The first-order valence-corrected chi connectivity index (χ1v) is 8.40. The third-order valence-electron chi connectivity index (χ3n) is 3.94. The molecule has 0 aromatic heterocycles. The van der Waals surface area contributed by atoms with Crippen LogP contribution < -0.4 is 0 Å². The number of hydrogen-bond acceptors (Lipinski definition) is 0. The minimum Gasteiger partial charge on any atom is -0.103 e. The molecule has 120 valence electrons. The molecule has 0 unspecified atom stereocenters. The monoisotopic (exact) mass is 320 g/mol. The summed E-state index contributed by atoms with van der Waals surface area (Å²) in [6.07, 6.45) is 2.72. The Morgan fingerprint density at radius 2 is 1.24 bits per heavy atom. The second kappa shape index (κ2) is 8.52. The topological polar surface area (TPSA) is 0 Å². The molecule has 0 N–H and O–H groups in total. The highest BCUT2D eigenvalue weighted by Gasteiger charge is 2.08. The fourth-order valence-electron chi connectivity index (χ4n) is 2.73. The molecule has 0 aliphatic carbocycles. The Hall–Kier alpha value is -3.30. The Labute approximate surface area is 150 Å². The lowest BCUT2D eigenvalue weighted by Crippen LogP contribution is -1.91. The Morgan fingerprint density at radius 3 is 1.80 bits per heavy atom. The van der Waals surface area contributed by atoms with Gasteiger partial charge in [0.1, 0.15) is 0 Å². The van der Waals surface area contributed by atoms with Crippen LogP contribution in [-0.4, -0.2) is 0 Å². The molecule has 0 amide bonds. The molecule has 0 spiro atoms. The molecule has 25 heavy (non-hydrogen) atoms. The minimum atomic E-state index is 0.776. The molecule has 3 rings (SSSR count). The van der Waals surface area contributed by atoms with Gasteiger partial charge in [-0.05, 0) is 35.3 Å². The number of allylic oxidation sites excluding steroid dienone is 3. The molecular weight excluding hydrogens is 300 g/mol. The first kappa shape index (κ1) is 16.6. The summed E-state index contributed by atoms with van der Waals surface area (Å²) in [6.45, 7) is 3.94. The molecule has 3 aromatic rings. The van der Waals surface area contributed by atoms with Crippen molar-refractivity contribution in [3.63, 3.8) is 0 Å². The van der Waals surface area contributed by atoms with Crippen molar-refractivity contribution in [2.45, 2.75) is 6.42 Å². The zero-order valence-electron chi connectivity index (χ0n) is 14.2. The van der Waals surface area contributed by atoms with Crippen LogP contribution in [0.2, 0.25) is 0 Å². The zero-order valence-corrected chi connectivity index (χ0v) is 14.2. The van der Waals surface area contributed by atoms with Crippen molar-refractivity contribution in [3.05, 3.63) is 120 Å². The van der Waals surface area contributed by atoms with Crippen LogP contribution in [-0.2, 0) is 0 Å². The second-order valence-corrected chi connectivity index (χ2v) is 5.69. The molecule has 0 fully saturated rings. The summed E-state index contributed by atoms with van der Waals surface area (Å²) in [6, 6.07) is 30.9. The molecule has 0 nitrogen and oxygen atoms in total. The molecule has 0 heteroatoms. The zero-order chi connectivity index (χ0) is 17.3. The molecule has 0 radical (unpaired) electrons. The Bertz CT molecular complexity index is 905. The van der Waals surface area contributed by atoms with Crippen LogP contribution in [0, 0.1) is 11.8 Å². The molecule has 0 heterocycles. The number of hydrogen-bond donors (Lipinski definition) is 0. The average molecular weight is 320 g/mol. The van der Waals surface area contributed by atoms with Crippen LogP contribution in [0.4, 0.5) is 0 Å². The van der Waals surface area contributed by atoms with Gasteiger partial charge in [0.25, 0.3) is 0 Å². The van der Waals surface area contributed by atoms with E-state index in [2.05, 4.69) is 67.0 Å². The lowest BCUT2D eigenvalue weighted by Gasteiger charge is -2.11. The highest BCUT2D eigenvalue weighted by molar-refractivity contribution is 5.99. The Balaban J connectivity index is 2.18. The Kier molecular flexibility index (Phi) is 5.64. The van der Waals surface area contributed by atoms with Gasteiger partial charge in [0.05, 0.1) is 0 Å². The third-order valence-corrected chi connectivity index (χ3v) is 3.94. The van der Waals surface area contributed by atoms with E-state index in [1.165, 1.54) is 11.1 Å². The van der Waals surface area contributed by atoms with Crippen LogP contribution in [0.25, 0.3) is 11.1 Å². The maximum atomic E-state index is 3.94. The van der Waals surface area contributed by atoms with Crippen LogP contribution in [0.1, 0.15) is 23.1 Å². The van der Waals surface area contributed by atoms with Crippen LogP contribution >= 0.6 is 0 Å². The maximum absolute atomic E-state index is 3.94. The molecule has 0 saturated heterocycles. The molecule has 0 aliphatic heterocycles. The fraction of sp³-hybridized carbons (Fsp3) is 0.0400. The van der Waals surface area contributed by atoms with E-state index in [4.69, 9.17) is 0 Å². The number of rotatable bonds is 4. The summed E-state index contributed by atoms with van der Waals surface area (Å²) in [5.74, 6) is 6.73. The van der Waals surface area contributed by atoms with Crippen molar-refractivity contribution < 1.29 is 0 Å². The van der Waals surface area contributed by atoms with Crippen molar-refractivity contribution in [2.75, 3.05) is 0 Å². The molecule has 0 atom stereocenters. The van der Waals surface area contributed by atoms with Crippen molar-refractivity contribution in [1.29, 1.82) is 0 Å². The van der Waals surface area contributed by atoms with Gasteiger partial charge in [0.2, 0.25) is 0 Å². The fourth-order valence-corrected chi connectivity index (χ4v) is 2.73. The van der Waals surface area contributed by atoms with Gasteiger partial charge in [-0.3, -0.25) is 0 Å². The summed E-state index contributed by atoms with van der Waals surface area (Å²) in [4.78, 5) is 0. The summed E-state index contributed by atoms with van der Waals surface area (Å²) in [5.41, 5.74) is 5.58. The van der Waals surface area contributed by atoms with Crippen LogP contribution in [0.5, 0.6) is 0 Å². The molecule has 3 aromatic carbocycles. The van der Waals surface area contributed by atoms with E-state index in [9.17, 15) is 0 Å². The van der Waals surface area contributed by atoms with Gasteiger partial charge < -0.3 is 0 Å². The SMILES string of the molecule is C=CC/C(=C(\C#Cc1ccccc1)c1ccccc1)c1ccccc1. The second-order valence-electron chi connectivity index (χ2n) is 5.69. The highest BCUT2D eigenvalue weighted by atomic mass is 14.1. The van der Waals surface area contributed by atoms with Crippen LogP contribution in [0.3, 0.4) is 0 Å².